The predicted octanol–water partition coefficient (Wildman–Crippen LogP) is 3.38. The number of ether oxygens (including phenoxy) is 2. The highest BCUT2D eigenvalue weighted by Crippen LogP contribution is 2.26. The Kier molecular flexibility index (Phi) is 4.43. The van der Waals surface area contributed by atoms with Crippen molar-refractivity contribution in [2.75, 3.05) is 13.7 Å². The first-order valence-corrected chi connectivity index (χ1v) is 7.66. The summed E-state index contributed by atoms with van der Waals surface area (Å²) in [7, 11) is 1.57. The maximum absolute atomic E-state index is 12.6. The van der Waals surface area contributed by atoms with E-state index in [9.17, 15) is 14.7 Å². The molecule has 0 atom stereocenters. The average molecular weight is 339 g/mol. The fourth-order valence-corrected chi connectivity index (χ4v) is 2.84. The average Bonchev–Trinajstić information content (AvgIpc) is 2.92. The van der Waals surface area contributed by atoms with E-state index >= 15 is 0 Å². The van der Waals surface area contributed by atoms with Crippen molar-refractivity contribution < 1.29 is 24.2 Å². The van der Waals surface area contributed by atoms with Crippen LogP contribution in [0, 0.1) is 6.92 Å². The summed E-state index contributed by atoms with van der Waals surface area (Å²) in [6, 6.07) is 13.8. The highest BCUT2D eigenvalue weighted by molar-refractivity contribution is 6.08. The number of rotatable bonds is 5. The van der Waals surface area contributed by atoms with Gasteiger partial charge in [0.1, 0.15) is 11.5 Å². The standard InChI is InChI=1S/C19H17NO5/c1-12-18(19(22)23)15-5-3-4-6-16(15)20(12)17(21)11-25-14-9-7-13(24-2)8-10-14/h3-10H,11H2,1-2H3,(H,22,23). The van der Waals surface area contributed by atoms with Crippen molar-refractivity contribution in [1.29, 1.82) is 0 Å². The fraction of sp³-hybridized carbons (Fsp3) is 0.158. The second kappa shape index (κ2) is 6.68. The summed E-state index contributed by atoms with van der Waals surface area (Å²) in [6.07, 6.45) is 0. The number of hydrogen-bond donors (Lipinski definition) is 1. The van der Waals surface area contributed by atoms with Crippen LogP contribution in [0.4, 0.5) is 0 Å². The molecule has 6 nitrogen and oxygen atoms in total. The van der Waals surface area contributed by atoms with E-state index in [2.05, 4.69) is 0 Å². The molecule has 6 heteroatoms. The molecule has 0 unspecified atom stereocenters. The van der Waals surface area contributed by atoms with Crippen LogP contribution in [0.15, 0.2) is 48.5 Å². The number of carbonyl (C=O) groups is 2. The number of fused-ring (bicyclic) bond motifs is 1. The first kappa shape index (κ1) is 16.6. The summed E-state index contributed by atoms with van der Waals surface area (Å²) >= 11 is 0. The molecule has 3 aromatic rings. The largest absolute Gasteiger partial charge is 0.497 e. The lowest BCUT2D eigenvalue weighted by atomic mass is 10.1. The Hall–Kier alpha value is -3.28. The third-order valence-electron chi connectivity index (χ3n) is 4.00. The van der Waals surface area contributed by atoms with E-state index in [1.807, 2.05) is 0 Å². The Morgan fingerprint density at radius 3 is 2.32 bits per heavy atom. The molecule has 2 aromatic carbocycles. The van der Waals surface area contributed by atoms with Crippen molar-refractivity contribution in [3.63, 3.8) is 0 Å². The van der Waals surface area contributed by atoms with Gasteiger partial charge in [0.05, 0.1) is 18.2 Å². The van der Waals surface area contributed by atoms with Crippen LogP contribution in [0.2, 0.25) is 0 Å². The Morgan fingerprint density at radius 2 is 1.68 bits per heavy atom. The molecule has 128 valence electrons. The van der Waals surface area contributed by atoms with Gasteiger partial charge in [-0.25, -0.2) is 4.79 Å². The van der Waals surface area contributed by atoms with Crippen LogP contribution in [0.5, 0.6) is 11.5 Å². The SMILES string of the molecule is COc1ccc(OCC(=O)n2c(C)c(C(=O)O)c3ccccc32)cc1. The van der Waals surface area contributed by atoms with Gasteiger partial charge >= 0.3 is 5.97 Å². The summed E-state index contributed by atoms with van der Waals surface area (Å²) in [5, 5.41) is 9.98. The zero-order chi connectivity index (χ0) is 18.0. The van der Waals surface area contributed by atoms with E-state index in [4.69, 9.17) is 9.47 Å². The monoisotopic (exact) mass is 339 g/mol. The van der Waals surface area contributed by atoms with Crippen molar-refractivity contribution in [3.05, 3.63) is 59.8 Å². The molecule has 1 N–H and O–H groups in total. The fourth-order valence-electron chi connectivity index (χ4n) is 2.84. The number of aromatic carboxylic acids is 1. The Balaban J connectivity index is 1.89. The molecular weight excluding hydrogens is 322 g/mol. The van der Waals surface area contributed by atoms with E-state index in [1.165, 1.54) is 4.57 Å². The van der Waals surface area contributed by atoms with E-state index in [0.717, 1.165) is 0 Å². The molecule has 1 aromatic heterocycles. The van der Waals surface area contributed by atoms with Crippen LogP contribution in [0.3, 0.4) is 0 Å². The molecular formula is C19H17NO5. The Labute approximate surface area is 144 Å². The quantitative estimate of drug-likeness (QED) is 0.771. The van der Waals surface area contributed by atoms with Crippen molar-refractivity contribution in [2.24, 2.45) is 0 Å². The lowest BCUT2D eigenvalue weighted by molar-refractivity contribution is 0.0698. The number of aromatic nitrogens is 1. The van der Waals surface area contributed by atoms with Crippen LogP contribution in [0.1, 0.15) is 20.8 Å². The molecule has 0 aliphatic heterocycles. The van der Waals surface area contributed by atoms with Crippen LogP contribution < -0.4 is 9.47 Å². The van der Waals surface area contributed by atoms with E-state index < -0.39 is 5.97 Å². The molecule has 0 radical (unpaired) electrons. The molecule has 0 bridgehead atoms. The van der Waals surface area contributed by atoms with E-state index in [-0.39, 0.29) is 18.1 Å². The number of carboxylic acid groups (broad SMARTS) is 1. The minimum Gasteiger partial charge on any atom is -0.497 e. The molecule has 0 saturated carbocycles. The van der Waals surface area contributed by atoms with Gasteiger partial charge in [-0.2, -0.15) is 0 Å². The molecule has 3 rings (SSSR count). The third kappa shape index (κ3) is 3.06. The number of nitrogens with zero attached hydrogens (tertiary/aromatic N) is 1. The Bertz CT molecular complexity index is 940. The number of hydrogen-bond acceptors (Lipinski definition) is 4. The molecule has 0 fully saturated rings. The van der Waals surface area contributed by atoms with Gasteiger partial charge in [0.25, 0.3) is 5.91 Å². The van der Waals surface area contributed by atoms with Crippen molar-refractivity contribution in [3.8, 4) is 11.5 Å². The number of carboxylic acids is 1. The number of benzene rings is 2. The minimum absolute atomic E-state index is 0.133. The number of methoxy groups -OCH3 is 1. The van der Waals surface area contributed by atoms with Crippen molar-refractivity contribution in [1.82, 2.24) is 4.57 Å². The highest BCUT2D eigenvalue weighted by atomic mass is 16.5. The summed E-state index contributed by atoms with van der Waals surface area (Å²) in [6.45, 7) is 1.42. The molecule has 0 aliphatic carbocycles. The minimum atomic E-state index is -1.06. The lowest BCUT2D eigenvalue weighted by Crippen LogP contribution is -2.20. The van der Waals surface area contributed by atoms with Gasteiger partial charge in [-0.05, 0) is 37.3 Å². The second-order valence-corrected chi connectivity index (χ2v) is 5.48. The first-order valence-electron chi connectivity index (χ1n) is 7.66. The maximum atomic E-state index is 12.6. The van der Waals surface area contributed by atoms with Crippen LogP contribution >= 0.6 is 0 Å². The lowest BCUT2D eigenvalue weighted by Gasteiger charge is -2.09. The van der Waals surface area contributed by atoms with Gasteiger partial charge in [0, 0.05) is 11.1 Å². The van der Waals surface area contributed by atoms with E-state index in [0.29, 0.717) is 28.1 Å². The molecule has 1 heterocycles. The normalized spacial score (nSPS) is 10.6. The predicted molar refractivity (Wildman–Crippen MR) is 92.7 cm³/mol. The van der Waals surface area contributed by atoms with Gasteiger partial charge in [0.2, 0.25) is 0 Å². The molecule has 0 aliphatic rings. The summed E-state index contributed by atoms with van der Waals surface area (Å²) in [4.78, 5) is 24.2. The third-order valence-corrected chi connectivity index (χ3v) is 4.00. The second-order valence-electron chi connectivity index (χ2n) is 5.48. The van der Waals surface area contributed by atoms with Crippen molar-refractivity contribution in [2.45, 2.75) is 6.92 Å². The molecule has 25 heavy (non-hydrogen) atoms. The van der Waals surface area contributed by atoms with Gasteiger partial charge in [-0.3, -0.25) is 9.36 Å². The van der Waals surface area contributed by atoms with Gasteiger partial charge in [0.15, 0.2) is 6.61 Å². The number of carbonyl (C=O) groups excluding carboxylic acids is 1. The zero-order valence-corrected chi connectivity index (χ0v) is 13.9. The summed E-state index contributed by atoms with van der Waals surface area (Å²) in [5.74, 6) is -0.174. The first-order chi connectivity index (χ1) is 12.0. The summed E-state index contributed by atoms with van der Waals surface area (Å²) < 4.78 is 12.0. The van der Waals surface area contributed by atoms with Gasteiger partial charge in [-0.15, -0.1) is 0 Å². The highest BCUT2D eigenvalue weighted by Gasteiger charge is 2.22. The van der Waals surface area contributed by atoms with Crippen LogP contribution in [-0.4, -0.2) is 35.3 Å². The molecule has 0 spiro atoms. The van der Waals surface area contributed by atoms with E-state index in [1.54, 1.807) is 62.6 Å². The molecule has 0 saturated heterocycles. The number of para-hydroxylation sites is 1. The van der Waals surface area contributed by atoms with Crippen molar-refractivity contribution >= 4 is 22.8 Å². The maximum Gasteiger partial charge on any atom is 0.338 e. The van der Waals surface area contributed by atoms with Crippen LogP contribution in [0.25, 0.3) is 10.9 Å². The van der Waals surface area contributed by atoms with Gasteiger partial charge < -0.3 is 14.6 Å². The molecule has 0 amide bonds. The summed E-state index contributed by atoms with van der Waals surface area (Å²) in [5.41, 5.74) is 1.08. The van der Waals surface area contributed by atoms with Crippen LogP contribution in [-0.2, 0) is 0 Å². The zero-order valence-electron chi connectivity index (χ0n) is 13.9. The Morgan fingerprint density at radius 1 is 1.04 bits per heavy atom. The van der Waals surface area contributed by atoms with Gasteiger partial charge in [-0.1, -0.05) is 18.2 Å². The smallest absolute Gasteiger partial charge is 0.338 e. The topological polar surface area (TPSA) is 77.8 Å².